The van der Waals surface area contributed by atoms with Gasteiger partial charge in [-0.1, -0.05) is 29.3 Å². The van der Waals surface area contributed by atoms with E-state index in [9.17, 15) is 4.79 Å². The monoisotopic (exact) mass is 267 g/mol. The number of alkyl halides is 1. The van der Waals surface area contributed by atoms with Crippen molar-refractivity contribution >= 4 is 33.7 Å². The van der Waals surface area contributed by atoms with Crippen molar-refractivity contribution in [3.63, 3.8) is 0 Å². The summed E-state index contributed by atoms with van der Waals surface area (Å²) < 4.78 is 0. The number of hydrogen-bond donors (Lipinski definition) is 2. The van der Waals surface area contributed by atoms with Crippen LogP contribution in [0.5, 0.6) is 0 Å². The Kier molecular flexibility index (Phi) is 4.06. The van der Waals surface area contributed by atoms with E-state index in [0.717, 1.165) is 18.7 Å². The minimum Gasteiger partial charge on any atom is -0.480 e. The molecule has 2 unspecified atom stereocenters. The molecule has 0 aromatic rings. The molecule has 0 bridgehead atoms. The van der Waals surface area contributed by atoms with Gasteiger partial charge in [-0.3, -0.25) is 10.1 Å². The van der Waals surface area contributed by atoms with Crippen LogP contribution in [0.15, 0.2) is 0 Å². The van der Waals surface area contributed by atoms with Crippen molar-refractivity contribution in [3.05, 3.63) is 0 Å². The van der Waals surface area contributed by atoms with Crippen molar-refractivity contribution in [2.24, 2.45) is 0 Å². The zero-order valence-electron chi connectivity index (χ0n) is 7.55. The molecule has 1 aliphatic rings. The van der Waals surface area contributed by atoms with Crippen LogP contribution in [0.2, 0.25) is 0 Å². The van der Waals surface area contributed by atoms with Crippen LogP contribution in [0.4, 0.5) is 0 Å². The number of thioether (sulfide) groups is 1. The molecule has 1 rings (SSSR count). The highest BCUT2D eigenvalue weighted by Crippen LogP contribution is 2.31. The van der Waals surface area contributed by atoms with Crippen LogP contribution in [-0.2, 0) is 4.79 Å². The van der Waals surface area contributed by atoms with Gasteiger partial charge in [0.25, 0.3) is 0 Å². The molecule has 1 heterocycles. The van der Waals surface area contributed by atoms with E-state index >= 15 is 0 Å². The van der Waals surface area contributed by atoms with E-state index in [1.807, 2.05) is 0 Å². The number of halogens is 1. The van der Waals surface area contributed by atoms with Crippen molar-refractivity contribution in [2.75, 3.05) is 11.6 Å². The summed E-state index contributed by atoms with van der Waals surface area (Å²) in [6.07, 6.45) is 1.89. The lowest BCUT2D eigenvalue weighted by molar-refractivity contribution is -0.143. The van der Waals surface area contributed by atoms with Gasteiger partial charge in [0.15, 0.2) is 0 Å². The van der Waals surface area contributed by atoms with Crippen LogP contribution in [-0.4, -0.2) is 33.1 Å². The molecule has 0 aromatic carbocycles. The van der Waals surface area contributed by atoms with Gasteiger partial charge in [-0.15, -0.1) is 11.8 Å². The Balaban J connectivity index is 2.71. The first-order valence-electron chi connectivity index (χ1n) is 4.33. The van der Waals surface area contributed by atoms with Crippen LogP contribution in [0.3, 0.4) is 0 Å². The molecule has 0 aromatic heterocycles. The van der Waals surface area contributed by atoms with Crippen molar-refractivity contribution in [3.8, 4) is 0 Å². The van der Waals surface area contributed by atoms with Gasteiger partial charge in [0, 0.05) is 16.5 Å². The highest BCUT2D eigenvalue weighted by Gasteiger charge is 2.46. The Morgan fingerprint density at radius 2 is 2.54 bits per heavy atom. The quantitative estimate of drug-likeness (QED) is 0.761. The van der Waals surface area contributed by atoms with Crippen LogP contribution >= 0.6 is 27.7 Å². The van der Waals surface area contributed by atoms with Gasteiger partial charge in [0.1, 0.15) is 5.54 Å². The van der Waals surface area contributed by atoms with Crippen molar-refractivity contribution in [2.45, 2.75) is 30.1 Å². The van der Waals surface area contributed by atoms with Crippen LogP contribution in [0.25, 0.3) is 0 Å². The molecule has 2 atom stereocenters. The van der Waals surface area contributed by atoms with E-state index in [2.05, 4.69) is 28.2 Å². The number of nitrogens with one attached hydrogen (secondary N) is 1. The molecule has 0 saturated carbocycles. The lowest BCUT2D eigenvalue weighted by atomic mass is 9.95. The molecule has 0 amide bonds. The maximum absolute atomic E-state index is 11.1. The number of rotatable bonds is 4. The summed E-state index contributed by atoms with van der Waals surface area (Å²) in [5, 5.41) is 12.2. The minimum atomic E-state index is -0.749. The first-order chi connectivity index (χ1) is 6.13. The topological polar surface area (TPSA) is 49.3 Å². The Hall–Kier alpha value is 0.260. The van der Waals surface area contributed by atoms with Gasteiger partial charge < -0.3 is 5.11 Å². The zero-order valence-corrected chi connectivity index (χ0v) is 9.95. The van der Waals surface area contributed by atoms with Gasteiger partial charge in [-0.05, 0) is 6.42 Å². The second-order valence-electron chi connectivity index (χ2n) is 3.20. The molecule has 0 aliphatic carbocycles. The second-order valence-corrected chi connectivity index (χ2v) is 5.29. The Bertz CT molecular complexity index is 195. The molecule has 1 saturated heterocycles. The summed E-state index contributed by atoms with van der Waals surface area (Å²) in [6, 6.07) is 0. The highest BCUT2D eigenvalue weighted by molar-refractivity contribution is 9.09. The minimum absolute atomic E-state index is 0.0255. The molecule has 0 spiro atoms. The molecule has 1 aliphatic heterocycles. The number of carbonyl (C=O) groups is 1. The molecular formula is C8H14BrNO2S. The smallest absolute Gasteiger partial charge is 0.325 e. The Morgan fingerprint density at radius 1 is 1.85 bits per heavy atom. The second kappa shape index (κ2) is 4.66. The maximum Gasteiger partial charge on any atom is 0.325 e. The first-order valence-corrected chi connectivity index (χ1v) is 6.40. The third kappa shape index (κ3) is 2.19. The summed E-state index contributed by atoms with van der Waals surface area (Å²) in [6.45, 7) is 2.06. The lowest BCUT2D eigenvalue weighted by Crippen LogP contribution is -2.56. The molecule has 76 valence electrons. The van der Waals surface area contributed by atoms with Gasteiger partial charge in [0.05, 0.1) is 0 Å². The van der Waals surface area contributed by atoms with Gasteiger partial charge in [-0.25, -0.2) is 0 Å². The summed E-state index contributed by atoms with van der Waals surface area (Å²) in [5.41, 5.74) is -0.749. The van der Waals surface area contributed by atoms with E-state index in [0.29, 0.717) is 5.75 Å². The third-order valence-electron chi connectivity index (χ3n) is 2.28. The van der Waals surface area contributed by atoms with Crippen LogP contribution in [0, 0.1) is 0 Å². The summed E-state index contributed by atoms with van der Waals surface area (Å²) >= 11 is 5.11. The van der Waals surface area contributed by atoms with Gasteiger partial charge >= 0.3 is 5.97 Å². The third-order valence-corrected chi connectivity index (χ3v) is 4.53. The van der Waals surface area contributed by atoms with E-state index in [-0.39, 0.29) is 4.83 Å². The van der Waals surface area contributed by atoms with Crippen molar-refractivity contribution < 1.29 is 9.90 Å². The highest BCUT2D eigenvalue weighted by atomic mass is 79.9. The van der Waals surface area contributed by atoms with E-state index in [4.69, 9.17) is 5.11 Å². The van der Waals surface area contributed by atoms with E-state index in [1.165, 1.54) is 0 Å². The standard InChI is InChI=1S/C8H14BrNO2S/c1-2-3-6(9)8(7(11)12)4-13-5-10-8/h6,10H,2-5H2,1H3,(H,11,12). The predicted octanol–water partition coefficient (Wildman–Crippen LogP) is 1.67. The number of carboxylic acids is 1. The predicted molar refractivity (Wildman–Crippen MR) is 58.5 cm³/mol. The largest absolute Gasteiger partial charge is 0.480 e. The molecule has 0 radical (unpaired) electrons. The first kappa shape index (κ1) is 11.3. The van der Waals surface area contributed by atoms with Crippen molar-refractivity contribution in [1.29, 1.82) is 0 Å². The summed E-state index contributed by atoms with van der Waals surface area (Å²) in [5.74, 6) is 0.643. The molecule has 1 fully saturated rings. The SMILES string of the molecule is CCCC(Br)C1(C(=O)O)CSCN1. The molecule has 5 heteroatoms. The van der Waals surface area contributed by atoms with E-state index in [1.54, 1.807) is 11.8 Å². The number of carboxylic acid groups (broad SMARTS) is 1. The average molecular weight is 268 g/mol. The zero-order chi connectivity index (χ0) is 9.90. The van der Waals surface area contributed by atoms with Gasteiger partial charge in [-0.2, -0.15) is 0 Å². The van der Waals surface area contributed by atoms with Gasteiger partial charge in [0.2, 0.25) is 0 Å². The average Bonchev–Trinajstić information content (AvgIpc) is 2.53. The molecular weight excluding hydrogens is 254 g/mol. The summed E-state index contributed by atoms with van der Waals surface area (Å²) in [7, 11) is 0. The Labute approximate surface area is 90.8 Å². The molecule has 13 heavy (non-hydrogen) atoms. The lowest BCUT2D eigenvalue weighted by Gasteiger charge is -2.28. The fourth-order valence-corrected chi connectivity index (χ4v) is 3.82. The van der Waals surface area contributed by atoms with Crippen molar-refractivity contribution in [1.82, 2.24) is 5.32 Å². The van der Waals surface area contributed by atoms with Crippen LogP contribution < -0.4 is 5.32 Å². The normalized spacial score (nSPS) is 30.3. The Morgan fingerprint density at radius 3 is 2.92 bits per heavy atom. The van der Waals surface area contributed by atoms with E-state index < -0.39 is 11.5 Å². The fourth-order valence-electron chi connectivity index (χ4n) is 1.42. The number of aliphatic carboxylic acids is 1. The van der Waals surface area contributed by atoms with Crippen LogP contribution in [0.1, 0.15) is 19.8 Å². The molecule has 3 nitrogen and oxygen atoms in total. The summed E-state index contributed by atoms with van der Waals surface area (Å²) in [4.78, 5) is 11.2. The fraction of sp³-hybridized carbons (Fsp3) is 0.875. The number of hydrogen-bond acceptors (Lipinski definition) is 3. The maximum atomic E-state index is 11.1. The molecule has 2 N–H and O–H groups in total.